The van der Waals surface area contributed by atoms with Gasteiger partial charge in [-0.2, -0.15) is 0 Å². The topological polar surface area (TPSA) is 38.8 Å². The second kappa shape index (κ2) is 5.45. The highest BCUT2D eigenvalue weighted by atomic mass is 16.2. The summed E-state index contributed by atoms with van der Waals surface area (Å²) in [5.41, 5.74) is 0. The summed E-state index contributed by atoms with van der Waals surface area (Å²) >= 11 is 0. The molecule has 102 valence electrons. The first-order chi connectivity index (χ1) is 8.84. The largest absolute Gasteiger partial charge is 0.323 e. The molecule has 3 heterocycles. The van der Waals surface area contributed by atoms with E-state index in [0.717, 1.165) is 45.7 Å². The van der Waals surface area contributed by atoms with Crippen LogP contribution in [-0.4, -0.2) is 79.1 Å². The number of nitrogens with zero attached hydrogens (tertiary/aromatic N) is 3. The molecule has 3 fully saturated rings. The van der Waals surface area contributed by atoms with Crippen LogP contribution in [0.3, 0.4) is 0 Å². The highest BCUT2D eigenvalue weighted by Crippen LogP contribution is 2.21. The van der Waals surface area contributed by atoms with Gasteiger partial charge >= 0.3 is 6.03 Å². The summed E-state index contributed by atoms with van der Waals surface area (Å²) in [6, 6.07) is 0.887. The van der Waals surface area contributed by atoms with Gasteiger partial charge in [-0.25, -0.2) is 4.79 Å². The average Bonchev–Trinajstić information content (AvgIpc) is 3.09. The van der Waals surface area contributed by atoms with Gasteiger partial charge in [0.05, 0.1) is 0 Å². The zero-order valence-corrected chi connectivity index (χ0v) is 11.1. The van der Waals surface area contributed by atoms with E-state index in [1.54, 1.807) is 0 Å². The Bertz CT molecular complexity index is 297. The monoisotopic (exact) mass is 252 g/mol. The summed E-state index contributed by atoms with van der Waals surface area (Å²) in [4.78, 5) is 19.0. The van der Waals surface area contributed by atoms with Gasteiger partial charge < -0.3 is 15.1 Å². The lowest BCUT2D eigenvalue weighted by Gasteiger charge is -2.32. The molecule has 0 aliphatic carbocycles. The van der Waals surface area contributed by atoms with Crippen LogP contribution in [0.1, 0.15) is 19.3 Å². The maximum Gasteiger partial charge on any atom is 0.320 e. The fourth-order valence-corrected chi connectivity index (χ4v) is 3.38. The minimum absolute atomic E-state index is 0.262. The Hall–Kier alpha value is -0.810. The number of piperazine rings is 1. The number of hydrogen-bond donors (Lipinski definition) is 1. The molecule has 0 bridgehead atoms. The van der Waals surface area contributed by atoms with Gasteiger partial charge in [0.1, 0.15) is 0 Å². The molecule has 3 rings (SSSR count). The molecule has 3 aliphatic rings. The molecule has 0 radical (unpaired) electrons. The molecular weight excluding hydrogens is 228 g/mol. The molecule has 5 nitrogen and oxygen atoms in total. The first-order valence-corrected chi connectivity index (χ1v) is 7.33. The summed E-state index contributed by atoms with van der Waals surface area (Å²) in [6.45, 7) is 7.98. The van der Waals surface area contributed by atoms with Crippen molar-refractivity contribution in [3.63, 3.8) is 0 Å². The van der Waals surface area contributed by atoms with Crippen LogP contribution in [0.5, 0.6) is 0 Å². The van der Waals surface area contributed by atoms with Crippen LogP contribution in [0, 0.1) is 0 Å². The summed E-state index contributed by atoms with van der Waals surface area (Å²) in [6.07, 6.45) is 3.84. The van der Waals surface area contributed by atoms with Crippen LogP contribution in [-0.2, 0) is 0 Å². The van der Waals surface area contributed by atoms with Crippen LogP contribution in [0.25, 0.3) is 0 Å². The molecule has 1 N–H and O–H groups in total. The molecule has 3 saturated heterocycles. The second-order valence-corrected chi connectivity index (χ2v) is 5.65. The molecule has 0 spiro atoms. The molecule has 5 heteroatoms. The Morgan fingerprint density at radius 2 is 1.67 bits per heavy atom. The average molecular weight is 252 g/mol. The Labute approximate surface area is 109 Å². The third kappa shape index (κ3) is 2.47. The predicted octanol–water partition coefficient (Wildman–Crippen LogP) is 0.182. The maximum atomic E-state index is 12.4. The van der Waals surface area contributed by atoms with Gasteiger partial charge in [0.25, 0.3) is 0 Å². The molecule has 0 saturated carbocycles. The normalized spacial score (nSPS) is 30.1. The number of nitrogens with one attached hydrogen (secondary N) is 1. The number of rotatable bonds is 1. The van der Waals surface area contributed by atoms with Gasteiger partial charge in [0.2, 0.25) is 0 Å². The highest BCUT2D eigenvalue weighted by molar-refractivity contribution is 5.75. The molecule has 2 amide bonds. The molecule has 0 aromatic carbocycles. The summed E-state index contributed by atoms with van der Waals surface area (Å²) in [5, 5.41) is 3.29. The molecule has 18 heavy (non-hydrogen) atoms. The Balaban J connectivity index is 1.52. The van der Waals surface area contributed by atoms with Gasteiger partial charge in [-0.3, -0.25) is 4.90 Å². The first kappa shape index (κ1) is 12.2. The van der Waals surface area contributed by atoms with Gasteiger partial charge in [0.15, 0.2) is 0 Å². The van der Waals surface area contributed by atoms with Gasteiger partial charge in [-0.15, -0.1) is 0 Å². The minimum atomic E-state index is 0.262. The zero-order valence-electron chi connectivity index (χ0n) is 11.1. The third-order valence-electron chi connectivity index (χ3n) is 4.48. The molecule has 0 aromatic heterocycles. The van der Waals surface area contributed by atoms with Crippen molar-refractivity contribution in [3.05, 3.63) is 0 Å². The van der Waals surface area contributed by atoms with Gasteiger partial charge in [0, 0.05) is 45.3 Å². The van der Waals surface area contributed by atoms with E-state index in [4.69, 9.17) is 0 Å². The van der Waals surface area contributed by atoms with E-state index in [9.17, 15) is 4.79 Å². The molecule has 1 atom stereocenters. The van der Waals surface area contributed by atoms with E-state index >= 15 is 0 Å². The first-order valence-electron chi connectivity index (χ1n) is 7.33. The zero-order chi connectivity index (χ0) is 12.4. The third-order valence-corrected chi connectivity index (χ3v) is 4.48. The van der Waals surface area contributed by atoms with Crippen molar-refractivity contribution in [2.45, 2.75) is 25.3 Å². The highest BCUT2D eigenvalue weighted by Gasteiger charge is 2.33. The van der Waals surface area contributed by atoms with Gasteiger partial charge in [-0.1, -0.05) is 0 Å². The molecule has 1 unspecified atom stereocenters. The molecule has 0 aromatic rings. The van der Waals surface area contributed by atoms with Crippen molar-refractivity contribution < 1.29 is 4.79 Å². The van der Waals surface area contributed by atoms with Crippen molar-refractivity contribution in [1.82, 2.24) is 20.0 Å². The predicted molar refractivity (Wildman–Crippen MR) is 70.6 cm³/mol. The van der Waals surface area contributed by atoms with E-state index in [0.29, 0.717) is 6.04 Å². The van der Waals surface area contributed by atoms with Crippen molar-refractivity contribution in [2.24, 2.45) is 0 Å². The quantitative estimate of drug-likeness (QED) is 0.724. The van der Waals surface area contributed by atoms with E-state index in [1.165, 1.54) is 25.9 Å². The maximum absolute atomic E-state index is 12.4. The van der Waals surface area contributed by atoms with E-state index in [-0.39, 0.29) is 6.03 Å². The smallest absolute Gasteiger partial charge is 0.320 e. The lowest BCUT2D eigenvalue weighted by molar-refractivity contribution is 0.151. The van der Waals surface area contributed by atoms with Crippen LogP contribution < -0.4 is 5.32 Å². The number of urea groups is 1. The number of hydrogen-bond acceptors (Lipinski definition) is 3. The fraction of sp³-hybridized carbons (Fsp3) is 0.923. The lowest BCUT2D eigenvalue weighted by atomic mass is 10.2. The Morgan fingerprint density at radius 1 is 0.944 bits per heavy atom. The van der Waals surface area contributed by atoms with E-state index in [1.807, 2.05) is 4.90 Å². The van der Waals surface area contributed by atoms with Crippen LogP contribution in [0.15, 0.2) is 0 Å². The van der Waals surface area contributed by atoms with E-state index < -0.39 is 0 Å². The fourth-order valence-electron chi connectivity index (χ4n) is 3.38. The summed E-state index contributed by atoms with van der Waals surface area (Å²) < 4.78 is 0. The molecular formula is C13H24N4O. The summed E-state index contributed by atoms with van der Waals surface area (Å²) in [7, 11) is 0. The Kier molecular flexibility index (Phi) is 3.70. The van der Waals surface area contributed by atoms with Crippen LogP contribution in [0.4, 0.5) is 4.79 Å². The minimum Gasteiger partial charge on any atom is -0.323 e. The van der Waals surface area contributed by atoms with Crippen LogP contribution >= 0.6 is 0 Å². The van der Waals surface area contributed by atoms with Crippen molar-refractivity contribution in [3.8, 4) is 0 Å². The SMILES string of the molecule is O=C(N1CCNCC1)N1CCC(N2CCCC2)C1. The number of likely N-dealkylation sites (tertiary alicyclic amines) is 2. The van der Waals surface area contributed by atoms with Crippen molar-refractivity contribution >= 4 is 6.03 Å². The second-order valence-electron chi connectivity index (χ2n) is 5.65. The number of amides is 2. The number of carbonyl (C=O) groups is 1. The number of carbonyl (C=O) groups excluding carboxylic acids is 1. The Morgan fingerprint density at radius 3 is 2.39 bits per heavy atom. The van der Waals surface area contributed by atoms with Crippen molar-refractivity contribution in [2.75, 3.05) is 52.4 Å². The van der Waals surface area contributed by atoms with Crippen LogP contribution in [0.2, 0.25) is 0 Å². The summed E-state index contributed by atoms with van der Waals surface area (Å²) in [5.74, 6) is 0. The van der Waals surface area contributed by atoms with Crippen molar-refractivity contribution in [1.29, 1.82) is 0 Å². The molecule has 3 aliphatic heterocycles. The standard InChI is InChI=1S/C13H24N4O/c18-13(16-9-4-14-5-10-16)17-8-3-12(11-17)15-6-1-2-7-15/h12,14H,1-11H2. The van der Waals surface area contributed by atoms with E-state index in [2.05, 4.69) is 15.1 Å². The lowest BCUT2D eigenvalue weighted by Crippen LogP contribution is -2.51. The van der Waals surface area contributed by atoms with Gasteiger partial charge in [-0.05, 0) is 32.4 Å².